The summed E-state index contributed by atoms with van der Waals surface area (Å²) in [6.07, 6.45) is 1.74. The number of phenols is 1. The molecule has 4 aromatic rings. The molecule has 0 bridgehead atoms. The van der Waals surface area contributed by atoms with E-state index in [-0.39, 0.29) is 40.8 Å². The number of hydrogen-bond donors (Lipinski definition) is 1. The number of phenolic OH excluding ortho intramolecular Hbond substituents is 1. The normalized spacial score (nSPS) is 9.79. The summed E-state index contributed by atoms with van der Waals surface area (Å²) in [5, 5.41) is 10.8. The van der Waals surface area contributed by atoms with Crippen molar-refractivity contribution in [3.05, 3.63) is 109 Å². The molecule has 4 aromatic carbocycles. The largest absolute Gasteiger partial charge is 1.00 e. The molecule has 2 nitrogen and oxygen atoms in total. The Morgan fingerprint density at radius 3 is 1.48 bits per heavy atom. The van der Waals surface area contributed by atoms with Crippen LogP contribution in [0, 0.1) is 0 Å². The molecule has 138 valence electrons. The van der Waals surface area contributed by atoms with Crippen molar-refractivity contribution in [1.29, 1.82) is 0 Å². The van der Waals surface area contributed by atoms with E-state index in [2.05, 4.69) is 43.0 Å². The van der Waals surface area contributed by atoms with Gasteiger partial charge in [-0.1, -0.05) is 104 Å². The Bertz CT molecular complexity index is 1080. The van der Waals surface area contributed by atoms with Gasteiger partial charge in [-0.2, -0.15) is 0 Å². The molecule has 0 saturated heterocycles. The molecule has 4 rings (SSSR count). The van der Waals surface area contributed by atoms with Gasteiger partial charge in [-0.05, 0) is 33.9 Å². The van der Waals surface area contributed by atoms with Crippen LogP contribution in [0.4, 0.5) is 0 Å². The smallest absolute Gasteiger partial charge is 0.870 e. The first kappa shape index (κ1) is 22.7. The molecule has 29 heavy (non-hydrogen) atoms. The quantitative estimate of drug-likeness (QED) is 0.540. The van der Waals surface area contributed by atoms with Crippen molar-refractivity contribution >= 4 is 6.08 Å². The first-order valence-corrected chi connectivity index (χ1v) is 8.98. The van der Waals surface area contributed by atoms with Gasteiger partial charge >= 0.3 is 29.6 Å². The molecule has 0 aromatic heterocycles. The number of hydrogen-bond acceptors (Lipinski definition) is 2. The Morgan fingerprint density at radius 2 is 1.03 bits per heavy atom. The summed E-state index contributed by atoms with van der Waals surface area (Å²) in [4.78, 5) is 0. The molecule has 0 aliphatic heterocycles. The monoisotopic (exact) mass is 388 g/mol. The van der Waals surface area contributed by atoms with Gasteiger partial charge in [0.1, 0.15) is 5.75 Å². The van der Waals surface area contributed by atoms with Crippen molar-refractivity contribution in [2.45, 2.75) is 0 Å². The van der Waals surface area contributed by atoms with Gasteiger partial charge in [0.25, 0.3) is 0 Å². The molecule has 0 amide bonds. The van der Waals surface area contributed by atoms with Gasteiger partial charge in [-0.3, -0.25) is 0 Å². The van der Waals surface area contributed by atoms with Crippen molar-refractivity contribution < 1.29 is 40.1 Å². The summed E-state index contributed by atoms with van der Waals surface area (Å²) >= 11 is 0. The van der Waals surface area contributed by atoms with E-state index in [1.165, 1.54) is 0 Å². The second-order valence-corrected chi connectivity index (χ2v) is 6.41. The third kappa shape index (κ3) is 4.52. The number of benzene rings is 4. The second kappa shape index (κ2) is 10.2. The van der Waals surface area contributed by atoms with Gasteiger partial charge in [-0.25, -0.2) is 0 Å². The van der Waals surface area contributed by atoms with Crippen LogP contribution in [0.5, 0.6) is 5.75 Å². The summed E-state index contributed by atoms with van der Waals surface area (Å²) in [5.74, 6) is 0.238. The van der Waals surface area contributed by atoms with Gasteiger partial charge in [0.05, 0.1) is 0 Å². The molecule has 0 aliphatic rings. The SMILES string of the molecule is C=Cc1c(O)cc(-c2ccccc2)c(-c2ccccc2)c1-c1ccccc1.[Na+].[OH-]. The Kier molecular flexibility index (Phi) is 8.00. The van der Waals surface area contributed by atoms with E-state index in [1.807, 2.05) is 60.7 Å². The van der Waals surface area contributed by atoms with Gasteiger partial charge in [-0.15, -0.1) is 0 Å². The Labute approximate surface area is 193 Å². The zero-order valence-corrected chi connectivity index (χ0v) is 18.4. The second-order valence-electron chi connectivity index (χ2n) is 6.41. The van der Waals surface area contributed by atoms with Crippen LogP contribution in [0.1, 0.15) is 5.56 Å². The molecule has 2 N–H and O–H groups in total. The molecule has 0 heterocycles. The van der Waals surface area contributed by atoms with Crippen LogP contribution in [-0.2, 0) is 0 Å². The van der Waals surface area contributed by atoms with Crippen LogP contribution >= 0.6 is 0 Å². The zero-order chi connectivity index (χ0) is 18.6. The van der Waals surface area contributed by atoms with Crippen LogP contribution < -0.4 is 29.6 Å². The minimum atomic E-state index is 0. The maximum absolute atomic E-state index is 10.8. The predicted molar refractivity (Wildman–Crippen MR) is 116 cm³/mol. The molecular formula is C26H21NaO2. The fourth-order valence-corrected chi connectivity index (χ4v) is 3.55. The van der Waals surface area contributed by atoms with Gasteiger partial charge < -0.3 is 10.6 Å². The standard InChI is InChI=1S/C26H20O.Na.H2O/c1-2-22-24(27)18-23(19-12-6-3-7-13-19)26(21-16-10-5-11-17-21)25(22)20-14-8-4-9-15-20;;/h2-18,27H,1H2;;1H2/q;+1;/p-1. The summed E-state index contributed by atoms with van der Waals surface area (Å²) in [6, 6.07) is 32.5. The predicted octanol–water partition coefficient (Wildman–Crippen LogP) is 3.86. The summed E-state index contributed by atoms with van der Waals surface area (Å²) in [7, 11) is 0. The molecule has 0 saturated carbocycles. The Hall–Kier alpha value is -2.62. The van der Waals surface area contributed by atoms with Crippen LogP contribution in [0.2, 0.25) is 0 Å². The van der Waals surface area contributed by atoms with E-state index in [9.17, 15) is 5.11 Å². The maximum Gasteiger partial charge on any atom is 1.00 e. The van der Waals surface area contributed by atoms with Gasteiger partial charge in [0, 0.05) is 11.1 Å². The van der Waals surface area contributed by atoms with E-state index >= 15 is 0 Å². The average Bonchev–Trinajstić information content (AvgIpc) is 2.75. The number of rotatable bonds is 4. The van der Waals surface area contributed by atoms with E-state index in [4.69, 9.17) is 0 Å². The van der Waals surface area contributed by atoms with Crippen LogP contribution in [0.3, 0.4) is 0 Å². The first-order chi connectivity index (χ1) is 13.3. The average molecular weight is 388 g/mol. The minimum absolute atomic E-state index is 0. The first-order valence-electron chi connectivity index (χ1n) is 8.98. The molecule has 0 aliphatic carbocycles. The summed E-state index contributed by atoms with van der Waals surface area (Å²) in [6.45, 7) is 3.96. The van der Waals surface area contributed by atoms with Crippen molar-refractivity contribution in [1.82, 2.24) is 0 Å². The van der Waals surface area contributed by atoms with Crippen LogP contribution in [-0.4, -0.2) is 10.6 Å². The maximum atomic E-state index is 10.8. The van der Waals surface area contributed by atoms with Crippen molar-refractivity contribution in [2.24, 2.45) is 0 Å². The molecular weight excluding hydrogens is 367 g/mol. The minimum Gasteiger partial charge on any atom is -0.870 e. The molecule has 0 atom stereocenters. The fraction of sp³-hybridized carbons (Fsp3) is 0. The van der Waals surface area contributed by atoms with Crippen LogP contribution in [0.15, 0.2) is 104 Å². The molecule has 0 radical (unpaired) electrons. The van der Waals surface area contributed by atoms with Gasteiger partial charge in [0.15, 0.2) is 0 Å². The number of aromatic hydroxyl groups is 1. The van der Waals surface area contributed by atoms with Crippen molar-refractivity contribution in [3.63, 3.8) is 0 Å². The molecule has 0 spiro atoms. The van der Waals surface area contributed by atoms with E-state index in [0.717, 1.165) is 38.9 Å². The summed E-state index contributed by atoms with van der Waals surface area (Å²) in [5.41, 5.74) is 7.08. The summed E-state index contributed by atoms with van der Waals surface area (Å²) < 4.78 is 0. The molecule has 0 fully saturated rings. The third-order valence-electron chi connectivity index (χ3n) is 4.76. The van der Waals surface area contributed by atoms with Crippen molar-refractivity contribution in [3.8, 4) is 39.1 Å². The van der Waals surface area contributed by atoms with E-state index in [1.54, 1.807) is 6.08 Å². The van der Waals surface area contributed by atoms with E-state index in [0.29, 0.717) is 0 Å². The van der Waals surface area contributed by atoms with E-state index < -0.39 is 0 Å². The topological polar surface area (TPSA) is 50.2 Å². The fourth-order valence-electron chi connectivity index (χ4n) is 3.55. The molecule has 3 heteroatoms. The van der Waals surface area contributed by atoms with Crippen molar-refractivity contribution in [2.75, 3.05) is 0 Å². The van der Waals surface area contributed by atoms with Gasteiger partial charge in [0.2, 0.25) is 0 Å². The zero-order valence-electron chi connectivity index (χ0n) is 16.4. The Balaban J connectivity index is 0.00000150. The Morgan fingerprint density at radius 1 is 0.621 bits per heavy atom. The molecule has 0 unspecified atom stereocenters. The third-order valence-corrected chi connectivity index (χ3v) is 4.76. The van der Waals surface area contributed by atoms with Crippen LogP contribution in [0.25, 0.3) is 39.5 Å².